The van der Waals surface area contributed by atoms with E-state index in [1.165, 1.54) is 0 Å². The molecule has 2 aliphatic rings. The zero-order valence-electron chi connectivity index (χ0n) is 13.9. The smallest absolute Gasteiger partial charge is 0.222 e. The van der Waals surface area contributed by atoms with E-state index in [1.54, 1.807) is 7.11 Å². The molecule has 1 unspecified atom stereocenters. The third kappa shape index (κ3) is 3.75. The van der Waals surface area contributed by atoms with Crippen molar-refractivity contribution in [3.05, 3.63) is 18.0 Å². The Morgan fingerprint density at radius 3 is 3.04 bits per heavy atom. The molecule has 0 saturated carbocycles. The van der Waals surface area contributed by atoms with Crippen molar-refractivity contribution < 1.29 is 14.3 Å². The number of carbonyl (C=O) groups is 1. The molecule has 6 heteroatoms. The molecule has 0 radical (unpaired) electrons. The molecule has 2 aliphatic heterocycles. The standard InChI is InChI=1S/C17H27N3O3/c1-22-15-5-3-11-23-17(15)7-9-20(10-8-17)16(21)6-2-4-14-12-18-19-13-14/h12-13,15H,2-11H2,1H3,(H,18,19). The van der Waals surface area contributed by atoms with Crippen molar-refractivity contribution in [2.45, 2.75) is 56.7 Å². The third-order valence-electron chi connectivity index (χ3n) is 5.24. The van der Waals surface area contributed by atoms with Crippen molar-refractivity contribution in [2.75, 3.05) is 26.8 Å². The van der Waals surface area contributed by atoms with Gasteiger partial charge in [-0.1, -0.05) is 0 Å². The van der Waals surface area contributed by atoms with Crippen LogP contribution in [-0.4, -0.2) is 59.5 Å². The fraction of sp³-hybridized carbons (Fsp3) is 0.765. The average molecular weight is 321 g/mol. The van der Waals surface area contributed by atoms with Gasteiger partial charge < -0.3 is 14.4 Å². The summed E-state index contributed by atoms with van der Waals surface area (Å²) in [4.78, 5) is 14.4. The number of hydrogen-bond acceptors (Lipinski definition) is 4. The number of aromatic nitrogens is 2. The normalized spacial score (nSPS) is 24.0. The van der Waals surface area contributed by atoms with Crippen LogP contribution in [0.25, 0.3) is 0 Å². The first-order valence-electron chi connectivity index (χ1n) is 8.66. The molecular formula is C17H27N3O3. The molecule has 1 amide bonds. The zero-order valence-corrected chi connectivity index (χ0v) is 13.9. The number of H-pyrrole nitrogens is 1. The van der Waals surface area contributed by atoms with Crippen LogP contribution in [0.3, 0.4) is 0 Å². The monoisotopic (exact) mass is 321 g/mol. The van der Waals surface area contributed by atoms with Crippen molar-refractivity contribution in [2.24, 2.45) is 0 Å². The fourth-order valence-corrected chi connectivity index (χ4v) is 3.85. The van der Waals surface area contributed by atoms with Crippen LogP contribution in [0.15, 0.2) is 12.4 Å². The van der Waals surface area contributed by atoms with Crippen LogP contribution in [0, 0.1) is 0 Å². The van der Waals surface area contributed by atoms with Crippen molar-refractivity contribution >= 4 is 5.91 Å². The molecule has 1 atom stereocenters. The van der Waals surface area contributed by atoms with E-state index in [1.807, 2.05) is 17.3 Å². The largest absolute Gasteiger partial charge is 0.378 e. The topological polar surface area (TPSA) is 67.5 Å². The first kappa shape index (κ1) is 16.5. The lowest BCUT2D eigenvalue weighted by molar-refractivity contribution is -0.188. The van der Waals surface area contributed by atoms with Gasteiger partial charge in [0.15, 0.2) is 0 Å². The lowest BCUT2D eigenvalue weighted by Crippen LogP contribution is -2.56. The van der Waals surface area contributed by atoms with Gasteiger partial charge in [0.1, 0.15) is 0 Å². The van der Waals surface area contributed by atoms with E-state index >= 15 is 0 Å². The number of ether oxygens (including phenoxy) is 2. The Morgan fingerprint density at radius 2 is 2.35 bits per heavy atom. The highest BCUT2D eigenvalue weighted by Crippen LogP contribution is 2.36. The van der Waals surface area contributed by atoms with E-state index < -0.39 is 0 Å². The highest BCUT2D eigenvalue weighted by molar-refractivity contribution is 5.76. The molecule has 0 bridgehead atoms. The second-order valence-electron chi connectivity index (χ2n) is 6.62. The lowest BCUT2D eigenvalue weighted by Gasteiger charge is -2.48. The minimum atomic E-state index is -0.166. The number of hydrogen-bond donors (Lipinski definition) is 1. The minimum Gasteiger partial charge on any atom is -0.378 e. The molecular weight excluding hydrogens is 294 g/mol. The van der Waals surface area contributed by atoms with Crippen LogP contribution in [0.4, 0.5) is 0 Å². The van der Waals surface area contributed by atoms with Crippen molar-refractivity contribution in [1.29, 1.82) is 0 Å². The fourth-order valence-electron chi connectivity index (χ4n) is 3.85. The van der Waals surface area contributed by atoms with Crippen LogP contribution in [-0.2, 0) is 20.7 Å². The van der Waals surface area contributed by atoms with Crippen LogP contribution >= 0.6 is 0 Å². The zero-order chi connectivity index (χ0) is 16.1. The average Bonchev–Trinajstić information content (AvgIpc) is 3.09. The predicted octanol–water partition coefficient (Wildman–Crippen LogP) is 1.92. The molecule has 1 aromatic rings. The Labute approximate surface area is 137 Å². The molecule has 0 aromatic carbocycles. The lowest BCUT2D eigenvalue weighted by atomic mass is 9.81. The summed E-state index contributed by atoms with van der Waals surface area (Å²) in [7, 11) is 1.77. The van der Waals surface area contributed by atoms with Crippen molar-refractivity contribution in [1.82, 2.24) is 15.1 Å². The maximum absolute atomic E-state index is 12.4. The number of amides is 1. The summed E-state index contributed by atoms with van der Waals surface area (Å²) in [6, 6.07) is 0. The van der Waals surface area contributed by atoms with Crippen molar-refractivity contribution in [3.63, 3.8) is 0 Å². The van der Waals surface area contributed by atoms with Gasteiger partial charge in [-0.3, -0.25) is 9.89 Å². The molecule has 1 N–H and O–H groups in total. The van der Waals surface area contributed by atoms with E-state index in [-0.39, 0.29) is 17.6 Å². The number of aromatic amines is 1. The summed E-state index contributed by atoms with van der Waals surface area (Å²) >= 11 is 0. The number of nitrogens with zero attached hydrogens (tertiary/aromatic N) is 2. The van der Waals surface area contributed by atoms with Crippen LogP contribution in [0.5, 0.6) is 0 Å². The van der Waals surface area contributed by atoms with Crippen LogP contribution in [0.1, 0.15) is 44.1 Å². The Hall–Kier alpha value is -1.40. The molecule has 1 aromatic heterocycles. The van der Waals surface area contributed by atoms with Crippen LogP contribution < -0.4 is 0 Å². The summed E-state index contributed by atoms with van der Waals surface area (Å²) in [5.74, 6) is 0.258. The number of rotatable bonds is 5. The molecule has 1 spiro atoms. The number of methoxy groups -OCH3 is 1. The predicted molar refractivity (Wildman–Crippen MR) is 86.1 cm³/mol. The molecule has 3 heterocycles. The molecule has 6 nitrogen and oxygen atoms in total. The quantitative estimate of drug-likeness (QED) is 0.900. The van der Waals surface area contributed by atoms with Gasteiger partial charge in [0, 0.05) is 39.4 Å². The van der Waals surface area contributed by atoms with Crippen molar-refractivity contribution in [3.8, 4) is 0 Å². The molecule has 2 saturated heterocycles. The molecule has 3 rings (SSSR count). The summed E-state index contributed by atoms with van der Waals surface area (Å²) in [5, 5.41) is 6.73. The number of aryl methyl sites for hydroxylation is 1. The Balaban J connectivity index is 1.45. The van der Waals surface area contributed by atoms with Gasteiger partial charge in [0.25, 0.3) is 0 Å². The van der Waals surface area contributed by atoms with E-state index in [0.717, 1.165) is 63.8 Å². The Bertz CT molecular complexity index is 495. The van der Waals surface area contributed by atoms with E-state index in [2.05, 4.69) is 10.2 Å². The first-order chi connectivity index (χ1) is 11.2. The minimum absolute atomic E-state index is 0.166. The van der Waals surface area contributed by atoms with Gasteiger partial charge in [-0.25, -0.2) is 0 Å². The van der Waals surface area contributed by atoms with E-state index in [9.17, 15) is 4.79 Å². The van der Waals surface area contributed by atoms with E-state index in [0.29, 0.717) is 6.42 Å². The second kappa shape index (κ2) is 7.45. The molecule has 2 fully saturated rings. The van der Waals surface area contributed by atoms with Gasteiger partial charge >= 0.3 is 0 Å². The maximum atomic E-state index is 12.4. The summed E-state index contributed by atoms with van der Waals surface area (Å²) < 4.78 is 11.7. The summed E-state index contributed by atoms with van der Waals surface area (Å²) in [6.45, 7) is 2.38. The Kier molecular flexibility index (Phi) is 5.33. The van der Waals surface area contributed by atoms with Gasteiger partial charge in [-0.15, -0.1) is 0 Å². The SMILES string of the molecule is COC1CCCOC12CCN(C(=O)CCCc1cn[nH]c1)CC2. The molecule has 128 valence electrons. The first-order valence-corrected chi connectivity index (χ1v) is 8.66. The second-order valence-corrected chi connectivity index (χ2v) is 6.62. The number of likely N-dealkylation sites (tertiary alicyclic amines) is 1. The molecule has 23 heavy (non-hydrogen) atoms. The van der Waals surface area contributed by atoms with E-state index in [4.69, 9.17) is 9.47 Å². The third-order valence-corrected chi connectivity index (χ3v) is 5.24. The summed E-state index contributed by atoms with van der Waals surface area (Å²) in [6.07, 6.45) is 10.2. The summed E-state index contributed by atoms with van der Waals surface area (Å²) in [5.41, 5.74) is 0.995. The highest BCUT2D eigenvalue weighted by atomic mass is 16.5. The number of carbonyl (C=O) groups excluding carboxylic acids is 1. The molecule has 0 aliphatic carbocycles. The highest BCUT2D eigenvalue weighted by Gasteiger charge is 2.45. The number of nitrogens with one attached hydrogen (secondary N) is 1. The van der Waals surface area contributed by atoms with Gasteiger partial charge in [-0.2, -0.15) is 5.10 Å². The van der Waals surface area contributed by atoms with Gasteiger partial charge in [-0.05, 0) is 44.1 Å². The Morgan fingerprint density at radius 1 is 1.52 bits per heavy atom. The van der Waals surface area contributed by atoms with Crippen LogP contribution in [0.2, 0.25) is 0 Å². The van der Waals surface area contributed by atoms with Gasteiger partial charge in [0.2, 0.25) is 5.91 Å². The van der Waals surface area contributed by atoms with Gasteiger partial charge in [0.05, 0.1) is 17.9 Å². The maximum Gasteiger partial charge on any atom is 0.222 e. The number of piperidine rings is 1.